The predicted octanol–water partition coefficient (Wildman–Crippen LogP) is 2.85. The van der Waals surface area contributed by atoms with E-state index in [0.717, 1.165) is 6.07 Å². The molecule has 0 spiro atoms. The van der Waals surface area contributed by atoms with Crippen LogP contribution >= 0.6 is 0 Å². The minimum absolute atomic E-state index is 0.0323. The van der Waals surface area contributed by atoms with Crippen molar-refractivity contribution in [1.29, 1.82) is 0 Å². The Morgan fingerprint density at radius 2 is 1.97 bits per heavy atom. The van der Waals surface area contributed by atoms with Gasteiger partial charge in [0.15, 0.2) is 0 Å². The average Bonchev–Trinajstić information content (AvgIpc) is 2.80. The lowest BCUT2D eigenvalue weighted by Gasteiger charge is -2.37. The smallest absolute Gasteiger partial charge is 0.266 e. The fraction of sp³-hybridized carbons (Fsp3) is 0.391. The molecule has 0 bridgehead atoms. The number of amides is 1. The largest absolute Gasteiger partial charge is 0.385 e. The molecule has 2 N–H and O–H groups in total. The third-order valence-corrected chi connectivity index (χ3v) is 6.33. The van der Waals surface area contributed by atoms with Crippen molar-refractivity contribution in [2.75, 3.05) is 18.4 Å². The number of carbonyl (C=O) groups is 1. The lowest BCUT2D eigenvalue weighted by Crippen LogP contribution is -2.47. The van der Waals surface area contributed by atoms with Crippen LogP contribution in [-0.4, -0.2) is 43.5 Å². The van der Waals surface area contributed by atoms with Gasteiger partial charge in [-0.3, -0.25) is 14.2 Å². The second-order valence-corrected chi connectivity index (χ2v) is 8.39. The predicted molar refractivity (Wildman–Crippen MR) is 119 cm³/mol. The summed E-state index contributed by atoms with van der Waals surface area (Å²) in [5, 5.41) is 14.6. The lowest BCUT2D eigenvalue weighted by molar-refractivity contribution is -0.133. The van der Waals surface area contributed by atoms with E-state index in [2.05, 4.69) is 15.3 Å². The topological polar surface area (TPSA) is 100 Å². The number of fused-ring (bicyclic) bond motifs is 1. The van der Waals surface area contributed by atoms with Crippen molar-refractivity contribution in [3.63, 3.8) is 0 Å². The molecule has 0 aliphatic carbocycles. The van der Waals surface area contributed by atoms with E-state index in [1.807, 2.05) is 0 Å². The molecule has 0 radical (unpaired) electrons. The van der Waals surface area contributed by atoms with Crippen LogP contribution in [0.4, 0.5) is 19.0 Å². The number of benzene rings is 1. The summed E-state index contributed by atoms with van der Waals surface area (Å²) in [5.74, 6) is -0.840. The molecular formula is C23H24F3N5O3. The molecule has 1 fully saturated rings. The highest BCUT2D eigenvalue weighted by atomic mass is 19.3. The molecule has 4 rings (SSSR count). The number of likely N-dealkylation sites (tertiary alicyclic amines) is 1. The van der Waals surface area contributed by atoms with E-state index >= 15 is 0 Å². The fourth-order valence-corrected chi connectivity index (χ4v) is 4.29. The molecule has 34 heavy (non-hydrogen) atoms. The summed E-state index contributed by atoms with van der Waals surface area (Å²) < 4.78 is 41.8. The molecule has 1 aliphatic rings. The lowest BCUT2D eigenvalue weighted by atomic mass is 9.84. The number of aliphatic hydroxyl groups is 1. The van der Waals surface area contributed by atoms with Gasteiger partial charge in [-0.05, 0) is 18.9 Å². The van der Waals surface area contributed by atoms with Crippen LogP contribution < -0.4 is 10.9 Å². The molecule has 3 heterocycles. The number of carbonyl (C=O) groups excluding carboxylic acids is 1. The van der Waals surface area contributed by atoms with Crippen LogP contribution in [0, 0.1) is 5.82 Å². The summed E-state index contributed by atoms with van der Waals surface area (Å²) in [7, 11) is 1.52. The van der Waals surface area contributed by atoms with Crippen molar-refractivity contribution in [1.82, 2.24) is 19.4 Å². The first-order chi connectivity index (χ1) is 16.1. The van der Waals surface area contributed by atoms with Gasteiger partial charge in [0.25, 0.3) is 12.0 Å². The Morgan fingerprint density at radius 1 is 1.26 bits per heavy atom. The molecule has 1 aromatic carbocycles. The molecular weight excluding hydrogens is 451 g/mol. The maximum atomic E-state index is 14.4. The van der Waals surface area contributed by atoms with Crippen LogP contribution in [0.2, 0.25) is 0 Å². The Bertz CT molecular complexity index is 1300. The summed E-state index contributed by atoms with van der Waals surface area (Å²) in [4.78, 5) is 34.7. The molecule has 0 saturated carbocycles. The van der Waals surface area contributed by atoms with Crippen molar-refractivity contribution in [3.8, 4) is 0 Å². The van der Waals surface area contributed by atoms with E-state index in [1.54, 1.807) is 4.90 Å². The van der Waals surface area contributed by atoms with E-state index < -0.39 is 29.0 Å². The number of piperidine rings is 1. The van der Waals surface area contributed by atoms with Crippen LogP contribution in [0.25, 0.3) is 11.0 Å². The van der Waals surface area contributed by atoms with Gasteiger partial charge in [0.05, 0.1) is 16.6 Å². The van der Waals surface area contributed by atoms with Crippen molar-refractivity contribution < 1.29 is 23.1 Å². The van der Waals surface area contributed by atoms with Crippen LogP contribution in [-0.2, 0) is 24.0 Å². The Labute approximate surface area is 193 Å². The summed E-state index contributed by atoms with van der Waals surface area (Å²) in [6.45, 7) is 1.94. The number of hydrogen-bond acceptors (Lipinski definition) is 6. The first-order valence-corrected chi connectivity index (χ1v) is 10.7. The van der Waals surface area contributed by atoms with Crippen molar-refractivity contribution in [3.05, 3.63) is 63.5 Å². The first-order valence-electron chi connectivity index (χ1n) is 10.7. The minimum atomic E-state index is -2.94. The molecule has 3 aromatic rings. The summed E-state index contributed by atoms with van der Waals surface area (Å²) in [5.41, 5.74) is -2.08. The van der Waals surface area contributed by atoms with Gasteiger partial charge in [-0.25, -0.2) is 23.1 Å². The Hall–Kier alpha value is -3.47. The number of anilines is 1. The zero-order valence-electron chi connectivity index (χ0n) is 18.7. The molecule has 0 atom stereocenters. The minimum Gasteiger partial charge on any atom is -0.385 e. The highest BCUT2D eigenvalue weighted by molar-refractivity contribution is 5.87. The first kappa shape index (κ1) is 23.7. The van der Waals surface area contributed by atoms with Gasteiger partial charge >= 0.3 is 0 Å². The number of aryl methyl sites for hydroxylation is 1. The molecule has 8 nitrogen and oxygen atoms in total. The number of nitrogens with one attached hydrogen (secondary N) is 1. The standard InChI is InChI=1S/C23H24F3N5O3/c1-13(32)31-8-6-23(34,7-9-31)17-10-16-20(28-12-29-21(16)30(2)22(17)33)27-11-14-4-3-5-15(18(14)24)19(25)26/h3-5,10,12,19,34H,6-9,11H2,1-2H3,(H,27,28,29). The number of alkyl halides is 2. The number of halogens is 3. The second-order valence-electron chi connectivity index (χ2n) is 8.39. The normalized spacial score (nSPS) is 15.7. The molecule has 11 heteroatoms. The van der Waals surface area contributed by atoms with Crippen molar-refractivity contribution in [2.45, 2.75) is 38.3 Å². The fourth-order valence-electron chi connectivity index (χ4n) is 4.29. The summed E-state index contributed by atoms with van der Waals surface area (Å²) >= 11 is 0. The van der Waals surface area contributed by atoms with Crippen molar-refractivity contribution >= 4 is 22.8 Å². The number of nitrogens with zero attached hydrogens (tertiary/aromatic N) is 4. The molecule has 0 unspecified atom stereocenters. The third-order valence-electron chi connectivity index (χ3n) is 6.33. The second kappa shape index (κ2) is 9.05. The van der Waals surface area contributed by atoms with Crippen LogP contribution in [0.1, 0.15) is 42.9 Å². The SMILES string of the molecule is CC(=O)N1CCC(O)(c2cc3c(NCc4cccc(C(F)F)c4F)ncnc3n(C)c2=O)CC1. The van der Waals surface area contributed by atoms with Crippen LogP contribution in [0.15, 0.2) is 35.4 Å². The van der Waals surface area contributed by atoms with Gasteiger partial charge in [0.1, 0.15) is 23.6 Å². The molecule has 2 aromatic heterocycles. The molecule has 1 aliphatic heterocycles. The number of aromatic nitrogens is 3. The van der Waals surface area contributed by atoms with Gasteiger partial charge in [0, 0.05) is 44.7 Å². The van der Waals surface area contributed by atoms with Gasteiger partial charge < -0.3 is 15.3 Å². The van der Waals surface area contributed by atoms with E-state index in [1.165, 1.54) is 43.1 Å². The Morgan fingerprint density at radius 3 is 2.62 bits per heavy atom. The van der Waals surface area contributed by atoms with Crippen LogP contribution in [0.5, 0.6) is 0 Å². The summed E-state index contributed by atoms with van der Waals surface area (Å²) in [6.07, 6.45) is -1.33. The molecule has 1 saturated heterocycles. The monoisotopic (exact) mass is 475 g/mol. The zero-order valence-corrected chi connectivity index (χ0v) is 18.7. The zero-order chi connectivity index (χ0) is 24.6. The van der Waals surface area contributed by atoms with E-state index in [0.29, 0.717) is 18.5 Å². The number of rotatable bonds is 5. The highest BCUT2D eigenvalue weighted by Gasteiger charge is 2.37. The maximum absolute atomic E-state index is 14.4. The van der Waals surface area contributed by atoms with E-state index in [-0.39, 0.29) is 47.9 Å². The number of hydrogen-bond donors (Lipinski definition) is 2. The van der Waals surface area contributed by atoms with Gasteiger partial charge in [-0.1, -0.05) is 18.2 Å². The summed E-state index contributed by atoms with van der Waals surface area (Å²) in [6, 6.07) is 5.29. The quantitative estimate of drug-likeness (QED) is 0.589. The van der Waals surface area contributed by atoms with Gasteiger partial charge in [0.2, 0.25) is 5.91 Å². The van der Waals surface area contributed by atoms with Crippen molar-refractivity contribution in [2.24, 2.45) is 7.05 Å². The van der Waals surface area contributed by atoms with Crippen LogP contribution in [0.3, 0.4) is 0 Å². The molecule has 1 amide bonds. The highest BCUT2D eigenvalue weighted by Crippen LogP contribution is 2.33. The van der Waals surface area contributed by atoms with E-state index in [9.17, 15) is 27.9 Å². The van der Waals surface area contributed by atoms with Gasteiger partial charge in [-0.15, -0.1) is 0 Å². The van der Waals surface area contributed by atoms with Gasteiger partial charge in [-0.2, -0.15) is 0 Å². The number of pyridine rings is 1. The maximum Gasteiger partial charge on any atom is 0.266 e. The van der Waals surface area contributed by atoms with E-state index in [4.69, 9.17) is 0 Å². The average molecular weight is 475 g/mol. The Balaban J connectivity index is 1.70. The Kier molecular flexibility index (Phi) is 6.30. The molecule has 180 valence electrons. The third kappa shape index (κ3) is 4.23.